The molecule has 1 aliphatic heterocycles. The van der Waals surface area contributed by atoms with Gasteiger partial charge in [0.2, 0.25) is 0 Å². The minimum absolute atomic E-state index is 0.231. The third-order valence-electron chi connectivity index (χ3n) is 5.68. The molecular weight excluding hydrogens is 462 g/mol. The smallest absolute Gasteiger partial charge is 0.411 e. The van der Waals surface area contributed by atoms with Gasteiger partial charge in [0.1, 0.15) is 12.2 Å². The SMILES string of the molecule is COC(=O)[C@H]1CN(c2ccc(CCNC(=O)OCc3ccccc3)cc2)CCN1C(=O)OC(C)(C)C. The van der Waals surface area contributed by atoms with E-state index in [1.54, 1.807) is 20.8 Å². The van der Waals surface area contributed by atoms with Crippen LogP contribution in [0, 0.1) is 0 Å². The van der Waals surface area contributed by atoms with Crippen molar-refractivity contribution in [3.8, 4) is 0 Å². The number of rotatable bonds is 7. The summed E-state index contributed by atoms with van der Waals surface area (Å²) in [5, 5.41) is 2.76. The summed E-state index contributed by atoms with van der Waals surface area (Å²) in [7, 11) is 1.31. The average molecular weight is 498 g/mol. The van der Waals surface area contributed by atoms with Crippen molar-refractivity contribution in [2.75, 3.05) is 38.2 Å². The Morgan fingerprint density at radius 3 is 2.31 bits per heavy atom. The minimum Gasteiger partial charge on any atom is -0.467 e. The molecule has 0 aromatic heterocycles. The fourth-order valence-electron chi connectivity index (χ4n) is 3.85. The quantitative estimate of drug-likeness (QED) is 0.460. The van der Waals surface area contributed by atoms with Gasteiger partial charge in [-0.2, -0.15) is 0 Å². The minimum atomic E-state index is -0.760. The van der Waals surface area contributed by atoms with Gasteiger partial charge >= 0.3 is 18.2 Å². The highest BCUT2D eigenvalue weighted by Crippen LogP contribution is 2.22. The van der Waals surface area contributed by atoms with Crippen molar-refractivity contribution in [1.29, 1.82) is 0 Å². The lowest BCUT2D eigenvalue weighted by Crippen LogP contribution is -2.59. The zero-order valence-electron chi connectivity index (χ0n) is 21.4. The summed E-state index contributed by atoms with van der Waals surface area (Å²) in [6.45, 7) is 7.25. The number of nitrogens with one attached hydrogen (secondary N) is 1. The predicted octanol–water partition coefficient (Wildman–Crippen LogP) is 3.75. The number of alkyl carbamates (subject to hydrolysis) is 1. The monoisotopic (exact) mass is 497 g/mol. The standard InChI is InChI=1S/C27H35N3O6/c1-27(2,3)36-26(33)30-17-16-29(18-23(30)24(31)34-4)22-12-10-20(11-13-22)14-15-28-25(32)35-19-21-8-6-5-7-9-21/h5-13,23H,14-19H2,1-4H3,(H,28,32)/t23-/m1/s1. The molecule has 0 saturated carbocycles. The van der Waals surface area contributed by atoms with E-state index >= 15 is 0 Å². The topological polar surface area (TPSA) is 97.4 Å². The van der Waals surface area contributed by atoms with Gasteiger partial charge in [-0.1, -0.05) is 42.5 Å². The largest absolute Gasteiger partial charge is 0.467 e. The van der Waals surface area contributed by atoms with Crippen molar-refractivity contribution >= 4 is 23.8 Å². The molecule has 2 aromatic carbocycles. The maximum Gasteiger partial charge on any atom is 0.411 e. The number of benzene rings is 2. The second-order valence-corrected chi connectivity index (χ2v) is 9.56. The van der Waals surface area contributed by atoms with Crippen LogP contribution in [0.1, 0.15) is 31.9 Å². The highest BCUT2D eigenvalue weighted by atomic mass is 16.6. The third kappa shape index (κ3) is 7.90. The van der Waals surface area contributed by atoms with Crippen LogP contribution in [0.5, 0.6) is 0 Å². The Morgan fingerprint density at radius 1 is 0.972 bits per heavy atom. The first-order valence-corrected chi connectivity index (χ1v) is 12.0. The molecule has 1 N–H and O–H groups in total. The van der Waals surface area contributed by atoms with E-state index in [4.69, 9.17) is 14.2 Å². The molecule has 2 amide bonds. The number of nitrogens with zero attached hydrogens (tertiary/aromatic N) is 2. The van der Waals surface area contributed by atoms with Crippen LogP contribution in [0.25, 0.3) is 0 Å². The number of ether oxygens (including phenoxy) is 3. The molecule has 1 heterocycles. The number of piperazine rings is 1. The second-order valence-electron chi connectivity index (χ2n) is 9.56. The molecule has 3 rings (SSSR count). The van der Waals surface area contributed by atoms with Crippen molar-refractivity contribution in [2.45, 2.75) is 45.4 Å². The maximum atomic E-state index is 12.6. The van der Waals surface area contributed by atoms with E-state index in [9.17, 15) is 14.4 Å². The van der Waals surface area contributed by atoms with Gasteiger partial charge in [-0.25, -0.2) is 14.4 Å². The molecule has 1 atom stereocenters. The van der Waals surface area contributed by atoms with Crippen LogP contribution in [0.4, 0.5) is 15.3 Å². The van der Waals surface area contributed by atoms with Gasteiger partial charge in [0.15, 0.2) is 6.04 Å². The molecule has 1 aliphatic rings. The molecule has 2 aromatic rings. The summed E-state index contributed by atoms with van der Waals surface area (Å²) in [6.07, 6.45) is -0.326. The number of carbonyl (C=O) groups is 3. The van der Waals surface area contributed by atoms with E-state index in [1.165, 1.54) is 12.0 Å². The molecule has 1 fully saturated rings. The molecule has 0 bridgehead atoms. The number of anilines is 1. The Balaban J connectivity index is 1.50. The first kappa shape index (κ1) is 26.8. The van der Waals surface area contributed by atoms with Crippen LogP contribution in [0.3, 0.4) is 0 Å². The maximum absolute atomic E-state index is 12.6. The van der Waals surface area contributed by atoms with Gasteiger partial charge in [-0.3, -0.25) is 4.90 Å². The Hall–Kier alpha value is -3.75. The zero-order chi connectivity index (χ0) is 26.1. The number of methoxy groups -OCH3 is 1. The molecule has 0 spiro atoms. The van der Waals surface area contributed by atoms with Crippen LogP contribution < -0.4 is 10.2 Å². The van der Waals surface area contributed by atoms with Crippen LogP contribution in [-0.4, -0.2) is 68.0 Å². The molecule has 0 aliphatic carbocycles. The lowest BCUT2D eigenvalue weighted by Gasteiger charge is -2.41. The van der Waals surface area contributed by atoms with E-state index in [-0.39, 0.29) is 6.61 Å². The van der Waals surface area contributed by atoms with E-state index < -0.39 is 29.8 Å². The normalized spacial score (nSPS) is 15.7. The fourth-order valence-corrected chi connectivity index (χ4v) is 3.85. The van der Waals surface area contributed by atoms with Gasteiger partial charge < -0.3 is 24.4 Å². The molecule has 36 heavy (non-hydrogen) atoms. The van der Waals surface area contributed by atoms with E-state index in [1.807, 2.05) is 59.5 Å². The number of carbonyl (C=O) groups excluding carboxylic acids is 3. The van der Waals surface area contributed by atoms with E-state index in [2.05, 4.69) is 5.32 Å². The molecule has 194 valence electrons. The van der Waals surface area contributed by atoms with Crippen LogP contribution in [-0.2, 0) is 32.0 Å². The first-order chi connectivity index (χ1) is 17.2. The molecule has 9 heteroatoms. The predicted molar refractivity (Wildman–Crippen MR) is 136 cm³/mol. The number of hydrogen-bond acceptors (Lipinski definition) is 7. The van der Waals surface area contributed by atoms with Gasteiger partial charge in [0.25, 0.3) is 0 Å². The number of amides is 2. The van der Waals surface area contributed by atoms with Crippen LogP contribution >= 0.6 is 0 Å². The molecular formula is C27H35N3O6. The van der Waals surface area contributed by atoms with Crippen molar-refractivity contribution in [2.24, 2.45) is 0 Å². The second kappa shape index (κ2) is 12.3. The lowest BCUT2D eigenvalue weighted by molar-refractivity contribution is -0.147. The van der Waals surface area contributed by atoms with Crippen LogP contribution in [0.2, 0.25) is 0 Å². The Kier molecular flexibility index (Phi) is 9.16. The highest BCUT2D eigenvalue weighted by molar-refractivity contribution is 5.83. The summed E-state index contributed by atoms with van der Waals surface area (Å²) in [4.78, 5) is 40.5. The molecule has 0 unspecified atom stereocenters. The summed E-state index contributed by atoms with van der Waals surface area (Å²) in [6, 6.07) is 16.7. The Bertz CT molecular complexity index is 1020. The van der Waals surface area contributed by atoms with Gasteiger partial charge in [0.05, 0.1) is 7.11 Å². The summed E-state index contributed by atoms with van der Waals surface area (Å²) >= 11 is 0. The van der Waals surface area contributed by atoms with Gasteiger partial charge in [-0.05, 0) is 50.5 Å². The number of hydrogen-bond donors (Lipinski definition) is 1. The van der Waals surface area contributed by atoms with Crippen molar-refractivity contribution in [3.05, 3.63) is 65.7 Å². The summed E-state index contributed by atoms with van der Waals surface area (Å²) < 4.78 is 15.6. The van der Waals surface area contributed by atoms with Gasteiger partial charge in [0, 0.05) is 31.9 Å². The molecule has 0 radical (unpaired) electrons. The Labute approximate surface area is 212 Å². The van der Waals surface area contributed by atoms with Crippen molar-refractivity contribution in [1.82, 2.24) is 10.2 Å². The van der Waals surface area contributed by atoms with E-state index in [0.29, 0.717) is 32.6 Å². The first-order valence-electron chi connectivity index (χ1n) is 12.0. The van der Waals surface area contributed by atoms with Crippen LogP contribution in [0.15, 0.2) is 54.6 Å². The highest BCUT2D eigenvalue weighted by Gasteiger charge is 2.38. The average Bonchev–Trinajstić information content (AvgIpc) is 2.86. The summed E-state index contributed by atoms with van der Waals surface area (Å²) in [5.74, 6) is -0.479. The van der Waals surface area contributed by atoms with E-state index in [0.717, 1.165) is 16.8 Å². The zero-order valence-corrected chi connectivity index (χ0v) is 21.4. The van der Waals surface area contributed by atoms with Gasteiger partial charge in [-0.15, -0.1) is 0 Å². The Morgan fingerprint density at radius 2 is 1.67 bits per heavy atom. The third-order valence-corrected chi connectivity index (χ3v) is 5.68. The fraction of sp³-hybridized carbons (Fsp3) is 0.444. The summed E-state index contributed by atoms with van der Waals surface area (Å²) in [5.41, 5.74) is 2.27. The number of esters is 1. The molecule has 1 saturated heterocycles. The molecule has 9 nitrogen and oxygen atoms in total. The lowest BCUT2D eigenvalue weighted by atomic mass is 10.1. The van der Waals surface area contributed by atoms with Crippen molar-refractivity contribution in [3.63, 3.8) is 0 Å². The van der Waals surface area contributed by atoms with Crippen molar-refractivity contribution < 1.29 is 28.6 Å².